The van der Waals surface area contributed by atoms with Crippen LogP contribution in [0.15, 0.2) is 72.9 Å². The first-order valence-electron chi connectivity index (χ1n) is 18.8. The van der Waals surface area contributed by atoms with Gasteiger partial charge in [0.2, 0.25) is 11.8 Å². The number of methoxy groups -OCH3 is 4. The van der Waals surface area contributed by atoms with E-state index >= 15 is 0 Å². The van der Waals surface area contributed by atoms with Gasteiger partial charge in [-0.3, -0.25) is 9.59 Å². The highest BCUT2D eigenvalue weighted by atomic mass is 16.7. The second-order valence-electron chi connectivity index (χ2n) is 11.8. The molecular weight excluding hydrogens is 756 g/mol. The van der Waals surface area contributed by atoms with Crippen LogP contribution >= 0.6 is 0 Å². The van der Waals surface area contributed by atoms with Gasteiger partial charge in [0.15, 0.2) is 50.2 Å². The van der Waals surface area contributed by atoms with Gasteiger partial charge in [0.1, 0.15) is 0 Å². The molecule has 0 atom stereocenters. The predicted molar refractivity (Wildman–Crippen MR) is 218 cm³/mol. The second-order valence-corrected chi connectivity index (χ2v) is 11.8. The van der Waals surface area contributed by atoms with E-state index in [1.165, 1.54) is 12.2 Å². The SMILES string of the molecule is COCCOCOc1ccc(C=CC=CC(=O)NCCCCNC(=O)C=CC=Cc2ccc(OCOCCOC)c(OCOCCOC)c2)cc1OCOCCOC. The van der Waals surface area contributed by atoms with E-state index in [9.17, 15) is 9.59 Å². The minimum absolute atomic E-state index is 0.0198. The van der Waals surface area contributed by atoms with Crippen molar-refractivity contribution in [1.29, 1.82) is 0 Å². The molecule has 0 radical (unpaired) electrons. The molecule has 0 unspecified atom stereocenters. The lowest BCUT2D eigenvalue weighted by Gasteiger charge is -2.14. The molecule has 0 aliphatic heterocycles. The first-order chi connectivity index (χ1) is 28.5. The van der Waals surface area contributed by atoms with E-state index in [0.29, 0.717) is 102 Å². The highest BCUT2D eigenvalue weighted by Crippen LogP contribution is 2.30. The third-order valence-electron chi connectivity index (χ3n) is 7.35. The molecule has 2 amide bonds. The van der Waals surface area contributed by atoms with Crippen LogP contribution in [0.25, 0.3) is 12.2 Å². The summed E-state index contributed by atoms with van der Waals surface area (Å²) < 4.78 is 64.5. The van der Waals surface area contributed by atoms with Crippen LogP contribution in [0.3, 0.4) is 0 Å². The maximum absolute atomic E-state index is 12.3. The average Bonchev–Trinajstić information content (AvgIpc) is 3.23. The molecule has 16 heteroatoms. The lowest BCUT2D eigenvalue weighted by molar-refractivity contribution is -0.117. The quantitative estimate of drug-likeness (QED) is 0.0431. The summed E-state index contributed by atoms with van der Waals surface area (Å²) in [5, 5.41) is 5.69. The Morgan fingerprint density at radius 2 is 0.810 bits per heavy atom. The molecule has 2 N–H and O–H groups in total. The van der Waals surface area contributed by atoms with E-state index in [4.69, 9.17) is 56.8 Å². The maximum Gasteiger partial charge on any atom is 0.243 e. The molecule has 2 rings (SSSR count). The minimum atomic E-state index is -0.221. The predicted octanol–water partition coefficient (Wildman–Crippen LogP) is 4.54. The van der Waals surface area contributed by atoms with Crippen LogP contribution in [-0.2, 0) is 47.5 Å². The summed E-state index contributed by atoms with van der Waals surface area (Å²) in [6.07, 6.45) is 14.8. The van der Waals surface area contributed by atoms with Crippen LogP contribution in [0, 0.1) is 0 Å². The van der Waals surface area contributed by atoms with E-state index in [0.717, 1.165) is 11.1 Å². The fourth-order valence-corrected chi connectivity index (χ4v) is 4.36. The van der Waals surface area contributed by atoms with Crippen LogP contribution in [0.2, 0.25) is 0 Å². The lowest BCUT2D eigenvalue weighted by Crippen LogP contribution is -2.25. The summed E-state index contributed by atoms with van der Waals surface area (Å²) in [5.74, 6) is 1.51. The monoisotopic (exact) mass is 816 g/mol. The van der Waals surface area contributed by atoms with Crippen LogP contribution < -0.4 is 29.6 Å². The van der Waals surface area contributed by atoms with Crippen molar-refractivity contribution in [2.45, 2.75) is 12.8 Å². The normalized spacial score (nSPS) is 11.6. The van der Waals surface area contributed by atoms with Gasteiger partial charge in [-0.1, -0.05) is 48.6 Å². The lowest BCUT2D eigenvalue weighted by atomic mass is 10.2. The number of benzene rings is 2. The van der Waals surface area contributed by atoms with Crippen molar-refractivity contribution in [2.24, 2.45) is 0 Å². The Kier molecular flexibility index (Phi) is 29.2. The largest absolute Gasteiger partial charge is 0.464 e. The molecule has 0 heterocycles. The van der Waals surface area contributed by atoms with Gasteiger partial charge >= 0.3 is 0 Å². The van der Waals surface area contributed by atoms with E-state index in [-0.39, 0.29) is 39.0 Å². The Hall–Kier alpha value is -4.78. The first-order valence-corrected chi connectivity index (χ1v) is 18.8. The van der Waals surface area contributed by atoms with E-state index in [2.05, 4.69) is 10.6 Å². The van der Waals surface area contributed by atoms with Gasteiger partial charge < -0.3 is 67.5 Å². The average molecular weight is 817 g/mol. The summed E-state index contributed by atoms with van der Waals surface area (Å²) in [6, 6.07) is 10.9. The number of amides is 2. The fraction of sp³-hybridized carbons (Fsp3) is 0.476. The van der Waals surface area contributed by atoms with Crippen molar-refractivity contribution in [3.8, 4) is 23.0 Å². The van der Waals surface area contributed by atoms with Crippen molar-refractivity contribution < 1.29 is 66.4 Å². The maximum atomic E-state index is 12.3. The molecule has 0 saturated heterocycles. The molecule has 2 aromatic carbocycles. The smallest absolute Gasteiger partial charge is 0.243 e. The van der Waals surface area contributed by atoms with Crippen molar-refractivity contribution in [2.75, 3.05) is 122 Å². The zero-order chi connectivity index (χ0) is 41.7. The molecule has 0 fully saturated rings. The van der Waals surface area contributed by atoms with Gasteiger partial charge in [-0.05, 0) is 48.2 Å². The Labute approximate surface area is 341 Å². The number of hydrogen-bond acceptors (Lipinski definition) is 14. The van der Waals surface area contributed by atoms with Crippen molar-refractivity contribution in [3.05, 3.63) is 84.0 Å². The van der Waals surface area contributed by atoms with Crippen LogP contribution in [-0.4, -0.2) is 133 Å². The van der Waals surface area contributed by atoms with Gasteiger partial charge in [0.25, 0.3) is 0 Å². The zero-order valence-corrected chi connectivity index (χ0v) is 34.1. The Morgan fingerprint density at radius 1 is 0.466 bits per heavy atom. The summed E-state index contributed by atoms with van der Waals surface area (Å²) in [4.78, 5) is 24.5. The van der Waals surface area contributed by atoms with Crippen molar-refractivity contribution >= 4 is 24.0 Å². The van der Waals surface area contributed by atoms with E-state index in [1.54, 1.807) is 77.0 Å². The molecule has 2 aromatic rings. The molecule has 0 aliphatic rings. The molecule has 0 saturated carbocycles. The number of hydrogen-bond donors (Lipinski definition) is 2. The van der Waals surface area contributed by atoms with Crippen molar-refractivity contribution in [3.63, 3.8) is 0 Å². The Balaban J connectivity index is 1.72. The number of carbonyl (C=O) groups is 2. The van der Waals surface area contributed by atoms with Gasteiger partial charge in [-0.2, -0.15) is 0 Å². The highest BCUT2D eigenvalue weighted by molar-refractivity contribution is 5.88. The molecular formula is C42H60N2O14. The number of allylic oxidation sites excluding steroid dienone is 4. The van der Waals surface area contributed by atoms with Gasteiger partial charge in [-0.15, -0.1) is 0 Å². The third kappa shape index (κ3) is 24.8. The summed E-state index contributed by atoms with van der Waals surface area (Å²) in [6.45, 7) is 4.48. The Morgan fingerprint density at radius 3 is 1.16 bits per heavy atom. The molecule has 16 nitrogen and oxygen atoms in total. The molecule has 58 heavy (non-hydrogen) atoms. The van der Waals surface area contributed by atoms with E-state index in [1.807, 2.05) is 24.3 Å². The molecule has 0 bridgehead atoms. The van der Waals surface area contributed by atoms with Crippen molar-refractivity contribution in [1.82, 2.24) is 10.6 Å². The van der Waals surface area contributed by atoms with Crippen LogP contribution in [0.1, 0.15) is 24.0 Å². The first kappa shape index (κ1) is 49.4. The molecule has 322 valence electrons. The summed E-state index contributed by atoms with van der Waals surface area (Å²) in [5.41, 5.74) is 1.66. The van der Waals surface area contributed by atoms with Crippen LogP contribution in [0.4, 0.5) is 0 Å². The number of unbranched alkanes of at least 4 members (excludes halogenated alkanes) is 1. The topological polar surface area (TPSA) is 169 Å². The number of ether oxygens (including phenoxy) is 12. The zero-order valence-electron chi connectivity index (χ0n) is 34.1. The molecule has 0 spiro atoms. The highest BCUT2D eigenvalue weighted by Gasteiger charge is 2.08. The third-order valence-corrected chi connectivity index (χ3v) is 7.35. The second kappa shape index (κ2) is 34.3. The fourth-order valence-electron chi connectivity index (χ4n) is 4.36. The van der Waals surface area contributed by atoms with E-state index < -0.39 is 0 Å². The van der Waals surface area contributed by atoms with Gasteiger partial charge in [0, 0.05) is 53.7 Å². The number of nitrogens with one attached hydrogen (secondary N) is 2. The van der Waals surface area contributed by atoms with Gasteiger partial charge in [0.05, 0.1) is 52.9 Å². The summed E-state index contributed by atoms with van der Waals surface area (Å²) in [7, 11) is 6.39. The van der Waals surface area contributed by atoms with Gasteiger partial charge in [-0.25, -0.2) is 0 Å². The number of rotatable bonds is 35. The molecule has 0 aliphatic carbocycles. The molecule has 0 aromatic heterocycles. The minimum Gasteiger partial charge on any atom is -0.464 e. The number of carbonyl (C=O) groups excluding carboxylic acids is 2. The standard InChI is InChI=1S/C42H60N2O14/c1-47-21-25-51-31-55-37-17-15-35(29-39(37)57-33-53-27-23-49-3)11-5-7-13-41(45)43-19-9-10-20-44-42(46)14-8-6-12-36-16-18-38(56-32-52-26-22-48-2)40(30-36)58-34-54-28-24-50-4/h5-8,11-18,29-30H,9-10,19-28,31-34H2,1-4H3,(H,43,45)(H,44,46). The summed E-state index contributed by atoms with van der Waals surface area (Å²) >= 11 is 0. The van der Waals surface area contributed by atoms with Crippen LogP contribution in [0.5, 0.6) is 23.0 Å². The Bertz CT molecular complexity index is 1400.